The summed E-state index contributed by atoms with van der Waals surface area (Å²) in [5, 5.41) is 0. The van der Waals surface area contributed by atoms with Gasteiger partial charge in [-0.05, 0) is 0 Å². The van der Waals surface area contributed by atoms with Crippen LogP contribution in [0.3, 0.4) is 0 Å². The van der Waals surface area contributed by atoms with E-state index in [4.69, 9.17) is 0 Å². The molecule has 2 nitrogen and oxygen atoms in total. The van der Waals surface area contributed by atoms with E-state index >= 15 is 0 Å². The van der Waals surface area contributed by atoms with Crippen LogP contribution in [0.2, 0.25) is 0 Å². The maximum absolute atomic E-state index is 9.22. The molecule has 0 aliphatic rings. The summed E-state index contributed by atoms with van der Waals surface area (Å²) in [5.74, 6) is -0.333. The number of carbonyl (C=O) groups excluding carboxylic acids is 1. The zero-order valence-electron chi connectivity index (χ0n) is 2.89. The predicted octanol–water partition coefficient (Wildman–Crippen LogP) is -0.356. The second-order valence-electron chi connectivity index (χ2n) is 0.611. The van der Waals surface area contributed by atoms with Gasteiger partial charge in [-0.2, -0.15) is 0 Å². The predicted molar refractivity (Wildman–Crippen MR) is 17.4 cm³/mol. The molecule has 5 heavy (non-hydrogen) atoms. The lowest BCUT2D eigenvalue weighted by atomic mass is 10.8. The number of nitrogens with two attached hydrogens (primary N) is 1. The van der Waals surface area contributed by atoms with Gasteiger partial charge >= 0.3 is 0 Å². The molecule has 0 aromatic carbocycles. The zero-order chi connectivity index (χ0) is 3.58. The Bertz CT molecular complexity index is 32.6. The normalized spacial score (nSPS) is 5.00. The molecule has 0 saturated heterocycles. The summed E-state index contributed by atoms with van der Waals surface area (Å²) in [5.41, 5.74) is 4.47. The molecule has 0 unspecified atom stereocenters. The Labute approximate surface area is 29.3 Å². The van der Waals surface area contributed by atoms with Gasteiger partial charge < -0.3 is 5.73 Å². The second-order valence-corrected chi connectivity index (χ2v) is 0.611. The molecule has 0 fully saturated rings. The molecule has 0 radical (unpaired) electrons. The lowest BCUT2D eigenvalue weighted by Crippen LogP contribution is -2.01. The zero-order valence-corrected chi connectivity index (χ0v) is 2.89. The molecule has 0 atom stereocenters. The van der Waals surface area contributed by atoms with Crippen molar-refractivity contribution in [1.82, 2.24) is 0 Å². The van der Waals surface area contributed by atoms with Crippen molar-refractivity contribution in [3.05, 3.63) is 0 Å². The summed E-state index contributed by atoms with van der Waals surface area (Å²) in [6, 6.07) is 0. The molecule has 3 heteroatoms. The van der Waals surface area contributed by atoms with Crippen molar-refractivity contribution >= 4 is 5.91 Å². The van der Waals surface area contributed by atoms with E-state index in [0.29, 0.717) is 0 Å². The minimum atomic E-state index is -0.333. The van der Waals surface area contributed by atoms with E-state index in [1.165, 1.54) is 6.92 Å². The minimum absolute atomic E-state index is 0. The van der Waals surface area contributed by atoms with Crippen LogP contribution >= 0.6 is 0 Å². The van der Waals surface area contributed by atoms with Crippen LogP contribution in [0.4, 0.5) is 4.70 Å². The van der Waals surface area contributed by atoms with Crippen LogP contribution in [-0.4, -0.2) is 5.91 Å². The number of amides is 1. The van der Waals surface area contributed by atoms with E-state index in [2.05, 4.69) is 5.73 Å². The van der Waals surface area contributed by atoms with Gasteiger partial charge in [-0.15, -0.1) is 0 Å². The van der Waals surface area contributed by atoms with Crippen LogP contribution in [-0.2, 0) is 4.79 Å². The highest BCUT2D eigenvalue weighted by molar-refractivity contribution is 5.70. The second kappa shape index (κ2) is 3.40. The highest BCUT2D eigenvalue weighted by Gasteiger charge is 1.61. The molecular weight excluding hydrogens is 73.0 g/mol. The first kappa shape index (κ1) is 8.83. The van der Waals surface area contributed by atoms with Gasteiger partial charge in [-0.1, -0.05) is 0 Å². The third kappa shape index (κ3) is 18.5. The molecule has 0 heterocycles. The summed E-state index contributed by atoms with van der Waals surface area (Å²) in [4.78, 5) is 9.22. The van der Waals surface area contributed by atoms with Gasteiger partial charge in [0.25, 0.3) is 0 Å². The van der Waals surface area contributed by atoms with Crippen LogP contribution in [0.1, 0.15) is 6.92 Å². The number of primary amides is 1. The number of hydrogen-bond donors (Lipinski definition) is 1. The summed E-state index contributed by atoms with van der Waals surface area (Å²) in [6.07, 6.45) is 0. The lowest BCUT2D eigenvalue weighted by molar-refractivity contribution is -0.115. The van der Waals surface area contributed by atoms with E-state index < -0.39 is 0 Å². The van der Waals surface area contributed by atoms with Crippen LogP contribution in [0.5, 0.6) is 0 Å². The number of hydrogen-bond acceptors (Lipinski definition) is 1. The molecule has 0 aromatic heterocycles. The van der Waals surface area contributed by atoms with Crippen molar-refractivity contribution in [2.75, 3.05) is 0 Å². The Morgan fingerprint density at radius 2 is 1.80 bits per heavy atom. The molecule has 1 amide bonds. The van der Waals surface area contributed by atoms with Crippen LogP contribution in [0, 0.1) is 0 Å². The molecule has 0 aliphatic carbocycles. The molecular formula is C2H6FNO. The molecule has 0 spiro atoms. The van der Waals surface area contributed by atoms with E-state index in [1.54, 1.807) is 0 Å². The van der Waals surface area contributed by atoms with Gasteiger partial charge in [-0.25, -0.2) is 0 Å². The van der Waals surface area contributed by atoms with Crippen LogP contribution < -0.4 is 5.73 Å². The Morgan fingerprint density at radius 1 is 1.80 bits per heavy atom. The van der Waals surface area contributed by atoms with Gasteiger partial charge in [0, 0.05) is 6.92 Å². The third-order valence-corrected chi connectivity index (χ3v) is 0. The van der Waals surface area contributed by atoms with Gasteiger partial charge in [0.1, 0.15) is 0 Å². The Balaban J connectivity index is 0. The standard InChI is InChI=1S/C2H5NO.FH/c1-2(3)4;/h1H3,(H2,3,4);1H. The largest absolute Gasteiger partial charge is 0.370 e. The first-order chi connectivity index (χ1) is 1.73. The molecule has 0 saturated carbocycles. The minimum Gasteiger partial charge on any atom is -0.370 e. The quantitative estimate of drug-likeness (QED) is 0.423. The highest BCUT2D eigenvalue weighted by atomic mass is 19.0. The summed E-state index contributed by atoms with van der Waals surface area (Å²) in [7, 11) is 0. The number of rotatable bonds is 0. The monoisotopic (exact) mass is 79.0 g/mol. The fraction of sp³-hybridized carbons (Fsp3) is 0.500. The van der Waals surface area contributed by atoms with E-state index in [0.717, 1.165) is 0 Å². The highest BCUT2D eigenvalue weighted by Crippen LogP contribution is 1.33. The average molecular weight is 79.1 g/mol. The number of carbonyl (C=O) groups is 1. The lowest BCUT2D eigenvalue weighted by Gasteiger charge is -1.60. The fourth-order valence-electron chi connectivity index (χ4n) is 0. The Morgan fingerprint density at radius 3 is 1.80 bits per heavy atom. The molecule has 32 valence electrons. The molecule has 2 N–H and O–H groups in total. The van der Waals surface area contributed by atoms with Crippen LogP contribution in [0.25, 0.3) is 0 Å². The van der Waals surface area contributed by atoms with Crippen LogP contribution in [0.15, 0.2) is 0 Å². The molecule has 0 aromatic rings. The molecule has 0 aliphatic heterocycles. The van der Waals surface area contributed by atoms with Gasteiger partial charge in [0.05, 0.1) is 0 Å². The summed E-state index contributed by atoms with van der Waals surface area (Å²) in [6.45, 7) is 1.31. The van der Waals surface area contributed by atoms with Gasteiger partial charge in [-0.3, -0.25) is 9.50 Å². The topological polar surface area (TPSA) is 43.1 Å². The molecule has 0 bridgehead atoms. The van der Waals surface area contributed by atoms with Crippen molar-refractivity contribution in [1.29, 1.82) is 0 Å². The Kier molecular flexibility index (Phi) is 6.00. The van der Waals surface area contributed by atoms with Crippen molar-refractivity contribution in [2.45, 2.75) is 6.92 Å². The summed E-state index contributed by atoms with van der Waals surface area (Å²) >= 11 is 0. The van der Waals surface area contributed by atoms with Gasteiger partial charge in [0.2, 0.25) is 5.91 Å². The van der Waals surface area contributed by atoms with E-state index in [9.17, 15) is 4.79 Å². The van der Waals surface area contributed by atoms with Crippen molar-refractivity contribution in [2.24, 2.45) is 5.73 Å². The van der Waals surface area contributed by atoms with Crippen molar-refractivity contribution in [3.63, 3.8) is 0 Å². The van der Waals surface area contributed by atoms with Crippen molar-refractivity contribution < 1.29 is 9.50 Å². The van der Waals surface area contributed by atoms with E-state index in [-0.39, 0.29) is 10.6 Å². The first-order valence-corrected chi connectivity index (χ1v) is 0.993. The van der Waals surface area contributed by atoms with Gasteiger partial charge in [0.15, 0.2) is 0 Å². The third-order valence-electron chi connectivity index (χ3n) is 0. The SMILES string of the molecule is CC(N)=O.F. The maximum atomic E-state index is 9.22. The van der Waals surface area contributed by atoms with Crippen molar-refractivity contribution in [3.8, 4) is 0 Å². The molecule has 0 rings (SSSR count). The Hall–Kier alpha value is -0.600. The first-order valence-electron chi connectivity index (χ1n) is 0.993. The smallest absolute Gasteiger partial charge is 0.214 e. The number of halogens is 1. The van der Waals surface area contributed by atoms with E-state index in [1.807, 2.05) is 0 Å². The summed E-state index contributed by atoms with van der Waals surface area (Å²) < 4.78 is 0. The fourth-order valence-corrected chi connectivity index (χ4v) is 0. The average Bonchev–Trinajstić information content (AvgIpc) is 0.811. The maximum Gasteiger partial charge on any atom is 0.214 e.